The second-order valence-corrected chi connectivity index (χ2v) is 9.48. The van der Waals surface area contributed by atoms with Gasteiger partial charge in [-0.1, -0.05) is 41.9 Å². The Morgan fingerprint density at radius 2 is 1.67 bits per heavy atom. The smallest absolute Gasteiger partial charge is 0.254 e. The number of aromatic nitrogens is 1. The number of carbonyl (C=O) groups excluding carboxylic acids is 2. The fourth-order valence-corrected chi connectivity index (χ4v) is 4.91. The first-order valence-corrected chi connectivity index (χ1v) is 12.1. The van der Waals surface area contributed by atoms with Crippen LogP contribution in [0.25, 0.3) is 5.69 Å². The summed E-state index contributed by atoms with van der Waals surface area (Å²) in [7, 11) is 0. The van der Waals surface area contributed by atoms with Crippen molar-refractivity contribution in [2.45, 2.75) is 25.9 Å². The van der Waals surface area contributed by atoms with Crippen molar-refractivity contribution in [2.24, 2.45) is 0 Å². The number of anilines is 1. The summed E-state index contributed by atoms with van der Waals surface area (Å²) in [4.78, 5) is 30.8. The monoisotopic (exact) mass is 501 g/mol. The molecule has 1 aromatic heterocycles. The maximum atomic E-state index is 14.1. The van der Waals surface area contributed by atoms with E-state index < -0.39 is 6.04 Å². The maximum absolute atomic E-state index is 14.1. The van der Waals surface area contributed by atoms with Crippen molar-refractivity contribution in [3.05, 3.63) is 119 Å². The summed E-state index contributed by atoms with van der Waals surface area (Å²) in [5.41, 5.74) is 3.66. The van der Waals surface area contributed by atoms with Crippen molar-refractivity contribution in [1.29, 1.82) is 0 Å². The topological polar surface area (TPSA) is 45.6 Å². The summed E-state index contributed by atoms with van der Waals surface area (Å²) in [5.74, 6) is -0.859. The number of rotatable bonds is 5. The van der Waals surface area contributed by atoms with Crippen molar-refractivity contribution in [3.63, 3.8) is 0 Å². The standard InChI is InChI=1S/C29H25ClFN3O2/c1-19(2)33(29(36)21-7-5-8-22(30)17-21)18-27(35)34-25-10-4-3-9-24(25)32-16-6-11-26(32)28(34)20-12-14-23(31)15-13-20/h3-17,19,28H,18H2,1-2H3/t28-/m0/s1. The average molecular weight is 502 g/mol. The largest absolute Gasteiger partial charge is 0.327 e. The van der Waals surface area contributed by atoms with Crippen LogP contribution in [-0.2, 0) is 4.79 Å². The third kappa shape index (κ3) is 4.29. The summed E-state index contributed by atoms with van der Waals surface area (Å²) in [6.07, 6.45) is 1.95. The molecule has 4 aromatic rings. The van der Waals surface area contributed by atoms with E-state index in [-0.39, 0.29) is 30.2 Å². The molecule has 0 aliphatic carbocycles. The van der Waals surface area contributed by atoms with E-state index in [1.54, 1.807) is 46.2 Å². The predicted octanol–water partition coefficient (Wildman–Crippen LogP) is 6.26. The van der Waals surface area contributed by atoms with Gasteiger partial charge < -0.3 is 9.47 Å². The second-order valence-electron chi connectivity index (χ2n) is 9.05. The molecule has 0 spiro atoms. The van der Waals surface area contributed by atoms with Gasteiger partial charge in [0.05, 0.1) is 17.1 Å². The molecule has 0 unspecified atom stereocenters. The normalized spacial score (nSPS) is 14.4. The molecular formula is C29H25ClFN3O2. The number of benzene rings is 3. The summed E-state index contributed by atoms with van der Waals surface area (Å²) in [6.45, 7) is 3.63. The Bertz CT molecular complexity index is 1430. The molecule has 0 N–H and O–H groups in total. The molecule has 5 rings (SSSR count). The van der Waals surface area contributed by atoms with Gasteiger partial charge in [0.1, 0.15) is 18.4 Å². The number of amides is 2. The first kappa shape index (κ1) is 23.8. The number of nitrogens with zero attached hydrogens (tertiary/aromatic N) is 3. The van der Waals surface area contributed by atoms with E-state index in [9.17, 15) is 14.0 Å². The molecule has 0 radical (unpaired) electrons. The van der Waals surface area contributed by atoms with Crippen molar-refractivity contribution < 1.29 is 14.0 Å². The highest BCUT2D eigenvalue weighted by molar-refractivity contribution is 6.31. The minimum absolute atomic E-state index is 0.129. The van der Waals surface area contributed by atoms with Crippen LogP contribution in [0.2, 0.25) is 5.02 Å². The molecule has 0 fully saturated rings. The Kier molecular flexibility index (Phi) is 6.37. The van der Waals surface area contributed by atoms with E-state index in [4.69, 9.17) is 11.6 Å². The fourth-order valence-electron chi connectivity index (χ4n) is 4.72. The zero-order valence-electron chi connectivity index (χ0n) is 19.9. The van der Waals surface area contributed by atoms with Gasteiger partial charge in [0.15, 0.2) is 0 Å². The highest BCUT2D eigenvalue weighted by Crippen LogP contribution is 2.42. The predicted molar refractivity (Wildman–Crippen MR) is 139 cm³/mol. The lowest BCUT2D eigenvalue weighted by Gasteiger charge is -2.40. The summed E-state index contributed by atoms with van der Waals surface area (Å²) in [6, 6.07) is 23.7. The maximum Gasteiger partial charge on any atom is 0.254 e. The quantitative estimate of drug-likeness (QED) is 0.324. The first-order chi connectivity index (χ1) is 17.3. The van der Waals surface area contributed by atoms with Gasteiger partial charge in [0.25, 0.3) is 5.91 Å². The molecule has 182 valence electrons. The van der Waals surface area contributed by atoms with Gasteiger partial charge in [0, 0.05) is 22.8 Å². The second kappa shape index (κ2) is 9.63. The van der Waals surface area contributed by atoms with Crippen molar-refractivity contribution in [1.82, 2.24) is 9.47 Å². The lowest BCUT2D eigenvalue weighted by molar-refractivity contribution is -0.120. The fraction of sp³-hybridized carbons (Fsp3) is 0.172. The van der Waals surface area contributed by atoms with E-state index in [0.717, 1.165) is 22.6 Å². The molecule has 0 bridgehead atoms. The molecule has 1 atom stereocenters. The van der Waals surface area contributed by atoms with Crippen LogP contribution in [0, 0.1) is 5.82 Å². The van der Waals surface area contributed by atoms with Crippen LogP contribution in [0.15, 0.2) is 91.1 Å². The molecule has 3 aromatic carbocycles. The third-order valence-electron chi connectivity index (χ3n) is 6.44. The van der Waals surface area contributed by atoms with Crippen LogP contribution in [0.3, 0.4) is 0 Å². The zero-order valence-corrected chi connectivity index (χ0v) is 20.7. The van der Waals surface area contributed by atoms with Crippen LogP contribution < -0.4 is 4.90 Å². The van der Waals surface area contributed by atoms with E-state index in [0.29, 0.717) is 10.6 Å². The average Bonchev–Trinajstić information content (AvgIpc) is 3.36. The van der Waals surface area contributed by atoms with Crippen LogP contribution in [0.1, 0.15) is 41.5 Å². The number of para-hydroxylation sites is 2. The lowest BCUT2D eigenvalue weighted by atomic mass is 9.97. The number of carbonyl (C=O) groups is 2. The molecule has 1 aliphatic heterocycles. The Balaban J connectivity index is 1.57. The van der Waals surface area contributed by atoms with Gasteiger partial charge in [-0.05, 0) is 74.0 Å². The minimum atomic E-state index is -0.488. The van der Waals surface area contributed by atoms with Crippen LogP contribution in [-0.4, -0.2) is 33.9 Å². The highest BCUT2D eigenvalue weighted by atomic mass is 35.5. The first-order valence-electron chi connectivity index (χ1n) is 11.8. The SMILES string of the molecule is CC(C)N(CC(=O)N1c2ccccc2-n2cccc2[C@@H]1c1ccc(F)cc1)C(=O)c1cccc(Cl)c1. The van der Waals surface area contributed by atoms with E-state index in [1.807, 2.05) is 61.0 Å². The Labute approximate surface area is 214 Å². The minimum Gasteiger partial charge on any atom is -0.327 e. The number of halogens is 2. The molecule has 0 saturated carbocycles. The number of hydrogen-bond acceptors (Lipinski definition) is 2. The molecule has 2 heterocycles. The summed E-state index contributed by atoms with van der Waals surface area (Å²) in [5, 5.41) is 0.456. The number of hydrogen-bond donors (Lipinski definition) is 0. The Hall–Kier alpha value is -3.90. The molecule has 1 aliphatic rings. The van der Waals surface area contributed by atoms with E-state index in [1.165, 1.54) is 12.1 Å². The molecule has 0 saturated heterocycles. The van der Waals surface area contributed by atoms with Gasteiger partial charge in [0.2, 0.25) is 5.91 Å². The summed E-state index contributed by atoms with van der Waals surface area (Å²) >= 11 is 6.12. The van der Waals surface area contributed by atoms with Crippen molar-refractivity contribution in [3.8, 4) is 5.69 Å². The van der Waals surface area contributed by atoms with Gasteiger partial charge in [-0.3, -0.25) is 14.5 Å². The Morgan fingerprint density at radius 1 is 0.944 bits per heavy atom. The van der Waals surface area contributed by atoms with Crippen molar-refractivity contribution in [2.75, 3.05) is 11.4 Å². The Morgan fingerprint density at radius 3 is 2.36 bits per heavy atom. The van der Waals surface area contributed by atoms with E-state index >= 15 is 0 Å². The summed E-state index contributed by atoms with van der Waals surface area (Å²) < 4.78 is 15.8. The molecule has 5 nitrogen and oxygen atoms in total. The van der Waals surface area contributed by atoms with Crippen LogP contribution in [0.4, 0.5) is 10.1 Å². The van der Waals surface area contributed by atoms with E-state index in [2.05, 4.69) is 0 Å². The molecule has 36 heavy (non-hydrogen) atoms. The van der Waals surface area contributed by atoms with Gasteiger partial charge in [-0.2, -0.15) is 0 Å². The highest BCUT2D eigenvalue weighted by Gasteiger charge is 2.37. The zero-order chi connectivity index (χ0) is 25.4. The van der Waals surface area contributed by atoms with Crippen LogP contribution in [0.5, 0.6) is 0 Å². The molecular weight excluding hydrogens is 477 g/mol. The van der Waals surface area contributed by atoms with Crippen LogP contribution >= 0.6 is 11.6 Å². The van der Waals surface area contributed by atoms with Crippen molar-refractivity contribution >= 4 is 29.1 Å². The lowest BCUT2D eigenvalue weighted by Crippen LogP contribution is -2.48. The molecule has 2 amide bonds. The number of fused-ring (bicyclic) bond motifs is 3. The van der Waals surface area contributed by atoms with Gasteiger partial charge >= 0.3 is 0 Å². The third-order valence-corrected chi connectivity index (χ3v) is 6.67. The molecule has 7 heteroatoms. The van der Waals surface area contributed by atoms with Gasteiger partial charge in [-0.15, -0.1) is 0 Å². The van der Waals surface area contributed by atoms with Gasteiger partial charge in [-0.25, -0.2) is 4.39 Å².